The summed E-state index contributed by atoms with van der Waals surface area (Å²) in [6.07, 6.45) is 16.2. The Morgan fingerprint density at radius 2 is 1.62 bits per heavy atom. The lowest BCUT2D eigenvalue weighted by Crippen LogP contribution is -2.31. The number of aromatic nitrogens is 2. The average molecular weight is 641 g/mol. The van der Waals surface area contributed by atoms with E-state index in [4.69, 9.17) is 17.2 Å². The lowest BCUT2D eigenvalue weighted by molar-refractivity contribution is -0.111. The maximum Gasteiger partial charge on any atom is 0.125 e. The Morgan fingerprint density at radius 3 is 2.19 bits per heavy atom. The van der Waals surface area contributed by atoms with Crippen LogP contribution in [0.1, 0.15) is 68.8 Å². The second-order valence-electron chi connectivity index (χ2n) is 12.1. The quantitative estimate of drug-likeness (QED) is 0.133. The van der Waals surface area contributed by atoms with Gasteiger partial charge >= 0.3 is 0 Å². The van der Waals surface area contributed by atoms with Crippen LogP contribution in [0, 0.1) is 18.8 Å². The fourth-order valence-electron chi connectivity index (χ4n) is 5.63. The summed E-state index contributed by atoms with van der Waals surface area (Å²) in [5.41, 5.74) is 23.1. The number of nitrogens with two attached hydrogens (primary N) is 3. The van der Waals surface area contributed by atoms with Gasteiger partial charge in [0.05, 0.1) is 5.70 Å². The molecule has 1 fully saturated rings. The normalized spacial score (nSPS) is 19.3. The molecule has 2 aromatic carbocycles. The molecule has 0 amide bonds. The van der Waals surface area contributed by atoms with Crippen LogP contribution in [0.2, 0.25) is 0 Å². The van der Waals surface area contributed by atoms with E-state index in [1.165, 1.54) is 5.56 Å². The minimum Gasteiger partial charge on any atom is -0.507 e. The van der Waals surface area contributed by atoms with Crippen molar-refractivity contribution in [2.75, 3.05) is 26.8 Å². The number of rotatable bonds is 7. The molecule has 5 rings (SSSR count). The maximum atomic E-state index is 10.8. The number of allylic oxidation sites excluding steroid dienone is 2. The van der Waals surface area contributed by atoms with E-state index in [1.807, 2.05) is 32.3 Å². The molecule has 1 aromatic heterocycles. The number of carbonyl (C=O) groups is 1. The molecule has 9 heteroatoms. The van der Waals surface area contributed by atoms with Crippen molar-refractivity contribution in [2.45, 2.75) is 58.8 Å². The SMILES string of the molecule is CC1CC=CCN(C(/C=C(\N)c2ccccc2O)=C(N)N)C1.CCOC.Cc1ncc(-c2ccc(C3CCC(C=O)CC3)cc2)cn1. The molecule has 0 saturated heterocycles. The molecule has 1 saturated carbocycles. The van der Waals surface area contributed by atoms with Crippen molar-refractivity contribution in [1.82, 2.24) is 14.9 Å². The van der Waals surface area contributed by atoms with E-state index in [0.29, 0.717) is 28.8 Å². The summed E-state index contributed by atoms with van der Waals surface area (Å²) in [5.74, 6) is 2.54. The van der Waals surface area contributed by atoms with Crippen LogP contribution in [0.15, 0.2) is 90.7 Å². The molecule has 1 unspecified atom stereocenters. The van der Waals surface area contributed by atoms with Gasteiger partial charge in [-0.1, -0.05) is 55.5 Å². The molecule has 252 valence electrons. The van der Waals surface area contributed by atoms with Gasteiger partial charge in [0.1, 0.15) is 23.7 Å². The molecule has 1 aliphatic heterocycles. The van der Waals surface area contributed by atoms with Crippen molar-refractivity contribution in [2.24, 2.45) is 29.0 Å². The minimum absolute atomic E-state index is 0.135. The van der Waals surface area contributed by atoms with Crippen molar-refractivity contribution in [3.05, 3.63) is 108 Å². The number of hydrogen-bond acceptors (Lipinski definition) is 9. The van der Waals surface area contributed by atoms with E-state index >= 15 is 0 Å². The molecule has 0 radical (unpaired) electrons. The Balaban J connectivity index is 0.000000230. The molecule has 1 atom stereocenters. The first kappa shape index (κ1) is 36.8. The lowest BCUT2D eigenvalue weighted by Gasteiger charge is -2.26. The predicted molar refractivity (Wildman–Crippen MR) is 191 cm³/mol. The first-order chi connectivity index (χ1) is 22.7. The number of carbonyl (C=O) groups excluding carboxylic acids is 1. The van der Waals surface area contributed by atoms with E-state index in [-0.39, 0.29) is 17.5 Å². The monoisotopic (exact) mass is 640 g/mol. The van der Waals surface area contributed by atoms with Crippen LogP contribution in [-0.4, -0.2) is 53.1 Å². The topological polar surface area (TPSA) is 154 Å². The number of methoxy groups -OCH3 is 1. The van der Waals surface area contributed by atoms with Gasteiger partial charge in [-0.3, -0.25) is 0 Å². The molecule has 1 aliphatic carbocycles. The van der Waals surface area contributed by atoms with Crippen molar-refractivity contribution in [1.29, 1.82) is 0 Å². The van der Waals surface area contributed by atoms with E-state index < -0.39 is 0 Å². The minimum atomic E-state index is 0.135. The Bertz CT molecular complexity index is 1470. The molecular weight excluding hydrogens is 588 g/mol. The maximum absolute atomic E-state index is 10.8. The smallest absolute Gasteiger partial charge is 0.125 e. The van der Waals surface area contributed by atoms with Crippen LogP contribution in [-0.2, 0) is 9.53 Å². The van der Waals surface area contributed by atoms with Gasteiger partial charge in [-0.25, -0.2) is 9.97 Å². The first-order valence-corrected chi connectivity index (χ1v) is 16.4. The van der Waals surface area contributed by atoms with Crippen molar-refractivity contribution < 1.29 is 14.6 Å². The highest BCUT2D eigenvalue weighted by atomic mass is 16.5. The van der Waals surface area contributed by atoms with Crippen LogP contribution in [0.25, 0.3) is 16.8 Å². The highest BCUT2D eigenvalue weighted by Crippen LogP contribution is 2.35. The number of hydrogen-bond donors (Lipinski definition) is 4. The standard InChI is InChI=1S/C18H20N2O.C17H24N4O.C3H8O/c1-13-19-10-18(11-20-13)17-8-6-16(7-9-17)15-4-2-14(12-21)3-5-15;1-12-6-4-5-9-21(11-12)15(17(19)20)10-14(18)13-7-2-3-8-16(13)22;1-3-4-2/h6-12,14-15H,2-5H2,1H3;2-5,7-8,10,12,22H,6,9,11,18-20H2,1H3;3H2,1-2H3/b;14-10-;. The summed E-state index contributed by atoms with van der Waals surface area (Å²) in [6, 6.07) is 15.6. The second-order valence-corrected chi connectivity index (χ2v) is 12.1. The van der Waals surface area contributed by atoms with Gasteiger partial charge in [0.15, 0.2) is 0 Å². The van der Waals surface area contributed by atoms with Crippen LogP contribution >= 0.6 is 0 Å². The highest BCUT2D eigenvalue weighted by Gasteiger charge is 2.22. The molecule has 9 nitrogen and oxygen atoms in total. The van der Waals surface area contributed by atoms with Gasteiger partial charge in [-0.05, 0) is 87.1 Å². The van der Waals surface area contributed by atoms with Crippen molar-refractivity contribution in [3.8, 4) is 16.9 Å². The van der Waals surface area contributed by atoms with E-state index in [1.54, 1.807) is 31.4 Å². The number of phenolic OH excluding ortho intramolecular Hbond substituents is 1. The summed E-state index contributed by atoms with van der Waals surface area (Å²) in [4.78, 5) is 21.4. The summed E-state index contributed by atoms with van der Waals surface area (Å²) >= 11 is 0. The second kappa shape index (κ2) is 19.1. The Kier molecular flexibility index (Phi) is 15.0. The number of nitrogens with zero attached hydrogens (tertiary/aromatic N) is 3. The summed E-state index contributed by atoms with van der Waals surface area (Å²) in [7, 11) is 1.68. The number of aromatic hydroxyl groups is 1. The largest absolute Gasteiger partial charge is 0.507 e. The zero-order chi connectivity index (χ0) is 34.2. The van der Waals surface area contributed by atoms with Gasteiger partial charge in [-0.15, -0.1) is 0 Å². The number of benzene rings is 2. The fourth-order valence-corrected chi connectivity index (χ4v) is 5.63. The Morgan fingerprint density at radius 1 is 0.979 bits per heavy atom. The Hall–Kier alpha value is -4.63. The molecule has 47 heavy (non-hydrogen) atoms. The number of para-hydroxylation sites is 1. The van der Waals surface area contributed by atoms with Gasteiger partial charge in [0.25, 0.3) is 0 Å². The van der Waals surface area contributed by atoms with Crippen LogP contribution in [0.3, 0.4) is 0 Å². The number of ether oxygens (including phenoxy) is 1. The van der Waals surface area contributed by atoms with Crippen LogP contribution < -0.4 is 17.2 Å². The molecular formula is C38H52N6O3. The third kappa shape index (κ3) is 11.6. The number of aryl methyl sites for hydroxylation is 1. The molecule has 0 bridgehead atoms. The lowest BCUT2D eigenvalue weighted by atomic mass is 9.79. The van der Waals surface area contributed by atoms with Gasteiger partial charge in [-0.2, -0.15) is 0 Å². The van der Waals surface area contributed by atoms with E-state index in [0.717, 1.165) is 75.0 Å². The molecule has 0 spiro atoms. The summed E-state index contributed by atoms with van der Waals surface area (Å²) in [5, 5.41) is 9.91. The third-order valence-corrected chi connectivity index (χ3v) is 8.46. The van der Waals surface area contributed by atoms with Crippen LogP contribution in [0.5, 0.6) is 5.75 Å². The van der Waals surface area contributed by atoms with Crippen molar-refractivity contribution in [3.63, 3.8) is 0 Å². The Labute approximate surface area is 280 Å². The fraction of sp³-hybridized carbons (Fsp3) is 0.395. The van der Waals surface area contributed by atoms with E-state index in [9.17, 15) is 9.90 Å². The van der Waals surface area contributed by atoms with Crippen LogP contribution in [0.4, 0.5) is 0 Å². The number of aldehydes is 1. The van der Waals surface area contributed by atoms with Gasteiger partial charge < -0.3 is 36.7 Å². The zero-order valence-electron chi connectivity index (χ0n) is 28.3. The zero-order valence-corrected chi connectivity index (χ0v) is 28.3. The summed E-state index contributed by atoms with van der Waals surface area (Å²) < 4.78 is 4.54. The number of phenols is 1. The molecule has 3 aromatic rings. The van der Waals surface area contributed by atoms with Crippen molar-refractivity contribution >= 4 is 12.0 Å². The highest BCUT2D eigenvalue weighted by molar-refractivity contribution is 5.70. The molecule has 2 heterocycles. The molecule has 2 aliphatic rings. The van der Waals surface area contributed by atoms with Gasteiger partial charge in [0, 0.05) is 61.9 Å². The third-order valence-electron chi connectivity index (χ3n) is 8.46. The average Bonchev–Trinajstić information content (AvgIpc) is 3.32. The molecule has 7 N–H and O–H groups in total. The summed E-state index contributed by atoms with van der Waals surface area (Å²) in [6.45, 7) is 8.44. The predicted octanol–water partition coefficient (Wildman–Crippen LogP) is 6.25. The van der Waals surface area contributed by atoms with E-state index in [2.05, 4.69) is 62.9 Å². The van der Waals surface area contributed by atoms with Gasteiger partial charge in [0.2, 0.25) is 0 Å². The first-order valence-electron chi connectivity index (χ1n) is 16.4.